The number of nitrogens with zero attached hydrogens (tertiary/aromatic N) is 2. The molecule has 0 radical (unpaired) electrons. The number of benzene rings is 2. The molecule has 0 bridgehead atoms. The number of alkyl halides is 2. The molecule has 1 amide bonds. The van der Waals surface area contributed by atoms with Crippen LogP contribution in [0.25, 0.3) is 16.9 Å². The lowest BCUT2D eigenvalue weighted by Crippen LogP contribution is -2.39. The molecule has 1 atom stereocenters. The zero-order valence-electron chi connectivity index (χ0n) is 16.3. The number of carbonyl (C=O) groups excluding carboxylic acids is 1. The molecule has 2 N–H and O–H groups in total. The summed E-state index contributed by atoms with van der Waals surface area (Å²) in [5, 5.41) is 15.9. The Kier molecular flexibility index (Phi) is 6.71. The highest BCUT2D eigenvalue weighted by Gasteiger charge is 2.19. The summed E-state index contributed by atoms with van der Waals surface area (Å²) in [5.74, 6) is -1.44. The van der Waals surface area contributed by atoms with E-state index < -0.39 is 29.9 Å². The largest absolute Gasteiger partial charge is 0.435 e. The number of hydrogen-bond donors (Lipinski definition) is 2. The van der Waals surface area contributed by atoms with Gasteiger partial charge in [-0.15, -0.1) is 0 Å². The molecule has 7 nitrogen and oxygen atoms in total. The molecule has 162 valence electrons. The van der Waals surface area contributed by atoms with Crippen LogP contribution in [0.15, 0.2) is 59.4 Å². The van der Waals surface area contributed by atoms with E-state index in [1.807, 2.05) is 0 Å². The van der Waals surface area contributed by atoms with Crippen molar-refractivity contribution in [2.45, 2.75) is 19.6 Å². The number of halogens is 3. The smallest absolute Gasteiger partial charge is 0.387 e. The van der Waals surface area contributed by atoms with Gasteiger partial charge in [0.2, 0.25) is 0 Å². The molecule has 10 heteroatoms. The lowest BCUT2D eigenvalue weighted by atomic mass is 10.1. The number of hydrogen-bond acceptors (Lipinski definition) is 5. The number of nitrogens with one attached hydrogen (secondary N) is 1. The summed E-state index contributed by atoms with van der Waals surface area (Å²) in [6, 6.07) is 11.2. The van der Waals surface area contributed by atoms with Crippen LogP contribution in [0.1, 0.15) is 17.3 Å². The standard InChI is InChI=1S/C21H18F3N3O4/c1-12(11-28)25-19(29)17-10-18(13-5-7-16(8-6-13)31-21(23)24)26-27(20(17)30)15-4-2-3-14(22)9-15/h2-10,12,21,28H,11H2,1H3,(H,25,29). The van der Waals surface area contributed by atoms with Crippen molar-refractivity contribution in [3.63, 3.8) is 0 Å². The average Bonchev–Trinajstić information content (AvgIpc) is 2.74. The first kappa shape index (κ1) is 22.0. The minimum absolute atomic E-state index is 0.0769. The summed E-state index contributed by atoms with van der Waals surface area (Å²) < 4.78 is 43.6. The molecule has 3 aromatic rings. The first-order valence-electron chi connectivity index (χ1n) is 9.15. The van der Waals surface area contributed by atoms with Gasteiger partial charge in [-0.1, -0.05) is 6.07 Å². The predicted molar refractivity (Wildman–Crippen MR) is 106 cm³/mol. The van der Waals surface area contributed by atoms with Gasteiger partial charge in [-0.05, 0) is 55.5 Å². The number of aliphatic hydroxyl groups excluding tert-OH is 1. The fraction of sp³-hybridized carbons (Fsp3) is 0.190. The second kappa shape index (κ2) is 9.43. The number of rotatable bonds is 7. The predicted octanol–water partition coefficient (Wildman–Crippen LogP) is 2.75. The van der Waals surface area contributed by atoms with Crippen molar-refractivity contribution in [3.8, 4) is 22.7 Å². The Morgan fingerprint density at radius 1 is 1.19 bits per heavy atom. The Hall–Kier alpha value is -3.66. The van der Waals surface area contributed by atoms with Gasteiger partial charge in [-0.3, -0.25) is 9.59 Å². The highest BCUT2D eigenvalue weighted by atomic mass is 19.3. The quantitative estimate of drug-likeness (QED) is 0.598. The van der Waals surface area contributed by atoms with E-state index in [4.69, 9.17) is 5.11 Å². The molecule has 31 heavy (non-hydrogen) atoms. The Bertz CT molecular complexity index is 1130. The molecule has 0 fully saturated rings. The maximum Gasteiger partial charge on any atom is 0.387 e. The van der Waals surface area contributed by atoms with Gasteiger partial charge in [0.15, 0.2) is 0 Å². The molecule has 0 saturated heterocycles. The third-order valence-corrected chi connectivity index (χ3v) is 4.24. The zero-order valence-corrected chi connectivity index (χ0v) is 16.3. The molecule has 0 aliphatic heterocycles. The second-order valence-electron chi connectivity index (χ2n) is 6.60. The summed E-state index contributed by atoms with van der Waals surface area (Å²) in [6.45, 7) is -1.78. The van der Waals surface area contributed by atoms with Crippen LogP contribution in [0.2, 0.25) is 0 Å². The third kappa shape index (κ3) is 5.28. The van der Waals surface area contributed by atoms with Crippen molar-refractivity contribution in [1.29, 1.82) is 0 Å². The number of carbonyl (C=O) groups is 1. The zero-order chi connectivity index (χ0) is 22.5. The molecule has 1 heterocycles. The van der Waals surface area contributed by atoms with Crippen molar-refractivity contribution in [2.24, 2.45) is 0 Å². The summed E-state index contributed by atoms with van der Waals surface area (Å²) >= 11 is 0. The Morgan fingerprint density at radius 3 is 2.52 bits per heavy atom. The molecule has 1 aromatic heterocycles. The summed E-state index contributed by atoms with van der Waals surface area (Å²) in [4.78, 5) is 25.5. The molecule has 1 unspecified atom stereocenters. The molecule has 0 aliphatic rings. The van der Waals surface area contributed by atoms with Gasteiger partial charge in [0, 0.05) is 11.6 Å². The maximum atomic E-state index is 13.7. The van der Waals surface area contributed by atoms with Gasteiger partial charge in [0.1, 0.15) is 17.1 Å². The first-order valence-corrected chi connectivity index (χ1v) is 9.15. The van der Waals surface area contributed by atoms with Gasteiger partial charge >= 0.3 is 6.61 Å². The van der Waals surface area contributed by atoms with Crippen LogP contribution >= 0.6 is 0 Å². The number of ether oxygens (including phenoxy) is 1. The minimum atomic E-state index is -2.98. The van der Waals surface area contributed by atoms with E-state index in [2.05, 4.69) is 15.2 Å². The third-order valence-electron chi connectivity index (χ3n) is 4.24. The minimum Gasteiger partial charge on any atom is -0.435 e. The summed E-state index contributed by atoms with van der Waals surface area (Å²) in [7, 11) is 0. The van der Waals surface area contributed by atoms with E-state index in [9.17, 15) is 22.8 Å². The van der Waals surface area contributed by atoms with E-state index in [0.29, 0.717) is 5.56 Å². The number of amides is 1. The molecule has 2 aromatic carbocycles. The van der Waals surface area contributed by atoms with Crippen molar-refractivity contribution < 1.29 is 27.8 Å². The lowest BCUT2D eigenvalue weighted by molar-refractivity contribution is -0.0498. The van der Waals surface area contributed by atoms with Crippen LogP contribution in [0.4, 0.5) is 13.2 Å². The normalized spacial score (nSPS) is 11.9. The topological polar surface area (TPSA) is 93.4 Å². The van der Waals surface area contributed by atoms with Gasteiger partial charge in [0.05, 0.1) is 18.0 Å². The van der Waals surface area contributed by atoms with Crippen LogP contribution in [0.5, 0.6) is 5.75 Å². The first-order chi connectivity index (χ1) is 14.8. The lowest BCUT2D eigenvalue weighted by Gasteiger charge is -2.14. The van der Waals surface area contributed by atoms with E-state index in [1.54, 1.807) is 6.92 Å². The molecular formula is C21H18F3N3O4. The van der Waals surface area contributed by atoms with Gasteiger partial charge in [-0.25, -0.2) is 4.39 Å². The van der Waals surface area contributed by atoms with E-state index >= 15 is 0 Å². The highest BCUT2D eigenvalue weighted by Crippen LogP contribution is 2.22. The second-order valence-corrected chi connectivity index (χ2v) is 6.60. The summed E-state index contributed by atoms with van der Waals surface area (Å²) in [6.07, 6.45) is 0. The van der Waals surface area contributed by atoms with Crippen LogP contribution in [-0.2, 0) is 0 Å². The van der Waals surface area contributed by atoms with E-state index in [-0.39, 0.29) is 29.3 Å². The van der Waals surface area contributed by atoms with Crippen molar-refractivity contribution in [2.75, 3.05) is 6.61 Å². The van der Waals surface area contributed by atoms with Crippen LogP contribution in [-0.4, -0.2) is 40.1 Å². The van der Waals surface area contributed by atoms with Crippen molar-refractivity contribution in [1.82, 2.24) is 15.1 Å². The Balaban J connectivity index is 2.12. The molecular weight excluding hydrogens is 415 g/mol. The fourth-order valence-electron chi connectivity index (χ4n) is 2.74. The van der Waals surface area contributed by atoms with Crippen molar-refractivity contribution in [3.05, 3.63) is 76.3 Å². The molecule has 0 saturated carbocycles. The van der Waals surface area contributed by atoms with Crippen LogP contribution in [0.3, 0.4) is 0 Å². The number of aliphatic hydroxyl groups is 1. The molecule has 0 aliphatic carbocycles. The van der Waals surface area contributed by atoms with E-state index in [0.717, 1.165) is 10.7 Å². The molecule has 0 spiro atoms. The SMILES string of the molecule is CC(CO)NC(=O)c1cc(-c2ccc(OC(F)F)cc2)nn(-c2cccc(F)c2)c1=O. The molecule has 3 rings (SSSR count). The highest BCUT2D eigenvalue weighted by molar-refractivity contribution is 5.95. The fourth-order valence-corrected chi connectivity index (χ4v) is 2.74. The van der Waals surface area contributed by atoms with Gasteiger partial charge < -0.3 is 15.2 Å². The summed E-state index contributed by atoms with van der Waals surface area (Å²) in [5.41, 5.74) is -0.434. The Morgan fingerprint density at radius 2 is 1.90 bits per heavy atom. The van der Waals surface area contributed by atoms with Gasteiger partial charge in [0.25, 0.3) is 11.5 Å². The van der Waals surface area contributed by atoms with Crippen LogP contribution < -0.4 is 15.6 Å². The number of aromatic nitrogens is 2. The Labute approximate surface area is 174 Å². The average molecular weight is 433 g/mol. The van der Waals surface area contributed by atoms with Crippen molar-refractivity contribution >= 4 is 5.91 Å². The maximum absolute atomic E-state index is 13.7. The van der Waals surface area contributed by atoms with Gasteiger partial charge in [-0.2, -0.15) is 18.6 Å². The van der Waals surface area contributed by atoms with E-state index in [1.165, 1.54) is 48.5 Å². The van der Waals surface area contributed by atoms with Crippen LogP contribution in [0, 0.1) is 5.82 Å². The monoisotopic (exact) mass is 433 g/mol.